The van der Waals surface area contributed by atoms with Crippen molar-refractivity contribution in [2.24, 2.45) is 5.92 Å². The van der Waals surface area contributed by atoms with Crippen LogP contribution in [-0.4, -0.2) is 65.1 Å². The quantitative estimate of drug-likeness (QED) is 0.691. The molecule has 0 radical (unpaired) electrons. The minimum absolute atomic E-state index is 0.127. The van der Waals surface area contributed by atoms with Gasteiger partial charge in [0.1, 0.15) is 6.04 Å². The van der Waals surface area contributed by atoms with Crippen molar-refractivity contribution in [3.05, 3.63) is 34.9 Å². The van der Waals surface area contributed by atoms with Crippen LogP contribution in [0.3, 0.4) is 0 Å². The highest BCUT2D eigenvalue weighted by molar-refractivity contribution is 6.24. The molecule has 0 spiro atoms. The number of carbonyl (C=O) groups excluding carboxylic acids is 4. The molecule has 3 fully saturated rings. The normalized spacial score (nSPS) is 27.6. The first-order valence-electron chi connectivity index (χ1n) is 11.8. The number of hydrogen-bond donors (Lipinski definition) is 2. The van der Waals surface area contributed by atoms with Crippen molar-refractivity contribution in [2.45, 2.75) is 63.6 Å². The number of rotatable bonds is 4. The predicted octanol–water partition coefficient (Wildman–Crippen LogP) is 1.44. The highest BCUT2D eigenvalue weighted by Gasteiger charge is 2.45. The summed E-state index contributed by atoms with van der Waals surface area (Å²) >= 11 is 0. The lowest BCUT2D eigenvalue weighted by Gasteiger charge is -2.42. The van der Waals surface area contributed by atoms with Gasteiger partial charge in [-0.2, -0.15) is 0 Å². The van der Waals surface area contributed by atoms with Gasteiger partial charge in [-0.3, -0.25) is 34.3 Å². The van der Waals surface area contributed by atoms with Gasteiger partial charge in [-0.1, -0.05) is 18.6 Å². The fourth-order valence-electron chi connectivity index (χ4n) is 5.91. The molecule has 1 aromatic carbocycles. The topological polar surface area (TPSA) is 98.8 Å². The Hall–Kier alpha value is -2.58. The molecule has 0 aromatic heterocycles. The number of benzene rings is 1. The summed E-state index contributed by atoms with van der Waals surface area (Å²) in [5, 5.41) is 5.70. The largest absolute Gasteiger partial charge is 0.317 e. The molecule has 8 nitrogen and oxygen atoms in total. The summed E-state index contributed by atoms with van der Waals surface area (Å²) < 4.78 is 0. The molecule has 5 rings (SSSR count). The summed E-state index contributed by atoms with van der Waals surface area (Å²) in [6.45, 7) is 3.75. The molecule has 1 aromatic rings. The van der Waals surface area contributed by atoms with Crippen LogP contribution >= 0.6 is 0 Å². The number of imide groups is 2. The van der Waals surface area contributed by atoms with Crippen molar-refractivity contribution in [1.82, 2.24) is 20.4 Å². The minimum Gasteiger partial charge on any atom is -0.317 e. The lowest BCUT2D eigenvalue weighted by Crippen LogP contribution is -2.54. The van der Waals surface area contributed by atoms with Gasteiger partial charge in [0, 0.05) is 19.0 Å². The molecule has 32 heavy (non-hydrogen) atoms. The Morgan fingerprint density at radius 3 is 2.53 bits per heavy atom. The molecule has 2 N–H and O–H groups in total. The highest BCUT2D eigenvalue weighted by atomic mass is 16.2. The molecule has 4 heterocycles. The standard InChI is InChI=1S/C24H30N4O4/c29-20-8-7-19(22(30)26-20)28-23(31)17-5-3-4-16(21(17)24(28)32)14-27-13-2-1-6-18(27)15-9-11-25-12-10-15/h3-5,15,18-19,25H,1-2,6-14H2,(H,26,29,30). The number of piperidine rings is 3. The van der Waals surface area contributed by atoms with E-state index >= 15 is 0 Å². The third-order valence-corrected chi connectivity index (χ3v) is 7.52. The minimum atomic E-state index is -0.926. The van der Waals surface area contributed by atoms with E-state index in [9.17, 15) is 19.2 Å². The summed E-state index contributed by atoms with van der Waals surface area (Å²) in [4.78, 5) is 54.0. The molecule has 8 heteroatoms. The molecule has 2 atom stereocenters. The van der Waals surface area contributed by atoms with Gasteiger partial charge in [-0.05, 0) is 69.3 Å². The van der Waals surface area contributed by atoms with Crippen molar-refractivity contribution in [3.63, 3.8) is 0 Å². The smallest absolute Gasteiger partial charge is 0.262 e. The number of nitrogens with zero attached hydrogens (tertiary/aromatic N) is 2. The van der Waals surface area contributed by atoms with Crippen molar-refractivity contribution in [3.8, 4) is 0 Å². The van der Waals surface area contributed by atoms with Crippen molar-refractivity contribution in [1.29, 1.82) is 0 Å². The predicted molar refractivity (Wildman–Crippen MR) is 117 cm³/mol. The summed E-state index contributed by atoms with van der Waals surface area (Å²) in [5.74, 6) is -1.12. The second kappa shape index (κ2) is 8.75. The van der Waals surface area contributed by atoms with Crippen molar-refractivity contribution in [2.75, 3.05) is 19.6 Å². The van der Waals surface area contributed by atoms with Gasteiger partial charge >= 0.3 is 0 Å². The third kappa shape index (κ3) is 3.75. The van der Waals surface area contributed by atoms with Crippen molar-refractivity contribution >= 4 is 23.6 Å². The lowest BCUT2D eigenvalue weighted by atomic mass is 9.84. The molecule has 4 aliphatic rings. The summed E-state index contributed by atoms with van der Waals surface area (Å²) in [5.41, 5.74) is 1.65. The fraction of sp³-hybridized carbons (Fsp3) is 0.583. The van der Waals surface area contributed by atoms with Gasteiger partial charge < -0.3 is 5.32 Å². The van der Waals surface area contributed by atoms with Gasteiger partial charge in [0.2, 0.25) is 11.8 Å². The van der Waals surface area contributed by atoms with E-state index in [2.05, 4.69) is 15.5 Å². The molecule has 0 saturated carbocycles. The maximum Gasteiger partial charge on any atom is 0.262 e. The molecule has 4 amide bonds. The average Bonchev–Trinajstić information content (AvgIpc) is 3.06. The van der Waals surface area contributed by atoms with Gasteiger partial charge in [0.05, 0.1) is 11.1 Å². The Labute approximate surface area is 187 Å². The molecule has 170 valence electrons. The van der Waals surface area contributed by atoms with Crippen LogP contribution in [0.15, 0.2) is 18.2 Å². The molecular formula is C24H30N4O4. The van der Waals surface area contributed by atoms with Gasteiger partial charge in [0.15, 0.2) is 0 Å². The number of nitrogens with one attached hydrogen (secondary N) is 2. The van der Waals surface area contributed by atoms with E-state index < -0.39 is 23.8 Å². The van der Waals surface area contributed by atoms with Crippen LogP contribution < -0.4 is 10.6 Å². The molecule has 4 aliphatic heterocycles. The zero-order valence-corrected chi connectivity index (χ0v) is 18.3. The van der Waals surface area contributed by atoms with Gasteiger partial charge in [-0.15, -0.1) is 0 Å². The van der Waals surface area contributed by atoms with E-state index in [1.54, 1.807) is 6.07 Å². The summed E-state index contributed by atoms with van der Waals surface area (Å²) in [6.07, 6.45) is 6.21. The van der Waals surface area contributed by atoms with E-state index in [-0.39, 0.29) is 18.7 Å². The van der Waals surface area contributed by atoms with E-state index in [0.717, 1.165) is 36.5 Å². The monoisotopic (exact) mass is 438 g/mol. The van der Waals surface area contributed by atoms with Crippen LogP contribution in [0.25, 0.3) is 0 Å². The maximum absolute atomic E-state index is 13.4. The molecule has 0 bridgehead atoms. The first-order chi connectivity index (χ1) is 15.5. The second-order valence-corrected chi connectivity index (χ2v) is 9.41. The molecule has 0 aliphatic carbocycles. The SMILES string of the molecule is O=C1CCC(N2C(=O)c3cccc(CN4CCCCC4C4CCNCC4)c3C2=O)C(=O)N1. The zero-order valence-electron chi connectivity index (χ0n) is 18.3. The summed E-state index contributed by atoms with van der Waals surface area (Å²) in [7, 11) is 0. The van der Waals surface area contributed by atoms with Crippen LogP contribution in [0.2, 0.25) is 0 Å². The number of amides is 4. The Balaban J connectivity index is 1.40. The van der Waals surface area contributed by atoms with Crippen LogP contribution in [0.1, 0.15) is 71.2 Å². The molecule has 3 saturated heterocycles. The van der Waals surface area contributed by atoms with Crippen LogP contribution in [-0.2, 0) is 16.1 Å². The number of likely N-dealkylation sites (tertiary alicyclic amines) is 1. The lowest BCUT2D eigenvalue weighted by molar-refractivity contribution is -0.136. The summed E-state index contributed by atoms with van der Waals surface area (Å²) in [6, 6.07) is 5.01. The average molecular weight is 439 g/mol. The van der Waals surface area contributed by atoms with E-state index in [1.165, 1.54) is 25.7 Å². The Morgan fingerprint density at radius 1 is 0.938 bits per heavy atom. The third-order valence-electron chi connectivity index (χ3n) is 7.52. The number of carbonyl (C=O) groups is 4. The first kappa shape index (κ1) is 21.3. The zero-order chi connectivity index (χ0) is 22.2. The van der Waals surface area contributed by atoms with Gasteiger partial charge in [0.25, 0.3) is 11.8 Å². The Morgan fingerprint density at radius 2 is 1.75 bits per heavy atom. The van der Waals surface area contributed by atoms with Crippen LogP contribution in [0.4, 0.5) is 0 Å². The number of fused-ring (bicyclic) bond motifs is 1. The molecule has 2 unspecified atom stereocenters. The first-order valence-corrected chi connectivity index (χ1v) is 11.8. The van der Waals surface area contributed by atoms with E-state index in [4.69, 9.17) is 0 Å². The van der Waals surface area contributed by atoms with Crippen molar-refractivity contribution < 1.29 is 19.2 Å². The van der Waals surface area contributed by atoms with E-state index in [1.807, 2.05) is 12.1 Å². The van der Waals surface area contributed by atoms with E-state index in [0.29, 0.717) is 29.6 Å². The highest BCUT2D eigenvalue weighted by Crippen LogP contribution is 2.34. The number of hydrogen-bond acceptors (Lipinski definition) is 6. The molecular weight excluding hydrogens is 408 g/mol. The van der Waals surface area contributed by atoms with Gasteiger partial charge in [-0.25, -0.2) is 0 Å². The van der Waals surface area contributed by atoms with Crippen LogP contribution in [0.5, 0.6) is 0 Å². The Bertz CT molecular complexity index is 955. The fourth-order valence-corrected chi connectivity index (χ4v) is 5.91. The van der Waals surface area contributed by atoms with Crippen LogP contribution in [0, 0.1) is 5.92 Å². The second-order valence-electron chi connectivity index (χ2n) is 9.41. The maximum atomic E-state index is 13.4. The Kier molecular flexibility index (Phi) is 5.82.